The van der Waals surface area contributed by atoms with E-state index in [2.05, 4.69) is 13.8 Å². The maximum Gasteiger partial charge on any atom is 0.192 e. The van der Waals surface area contributed by atoms with Gasteiger partial charge >= 0.3 is 0 Å². The van der Waals surface area contributed by atoms with E-state index in [9.17, 15) is 0 Å². The summed E-state index contributed by atoms with van der Waals surface area (Å²) in [5.41, 5.74) is 0. The molecule has 0 bridgehead atoms. The molecule has 0 saturated carbocycles. The van der Waals surface area contributed by atoms with Gasteiger partial charge in [0.1, 0.15) is 0 Å². The Kier molecular flexibility index (Phi) is 11.6. The number of rotatable bonds is 14. The Bertz CT molecular complexity index is 224. The fraction of sp³-hybridized carbons (Fsp3) is 1.00. The van der Waals surface area contributed by atoms with Crippen LogP contribution in [0.25, 0.3) is 0 Å². The lowest BCUT2D eigenvalue weighted by atomic mass is 10.1. The highest BCUT2D eigenvalue weighted by atomic mass is 28.4. The molecule has 0 atom stereocenters. The minimum absolute atomic E-state index is 1.07. The molecule has 1 aliphatic rings. The van der Waals surface area contributed by atoms with E-state index in [0.717, 1.165) is 6.61 Å². The fourth-order valence-electron chi connectivity index (χ4n) is 3.67. The van der Waals surface area contributed by atoms with Crippen LogP contribution >= 0.6 is 0 Å². The lowest BCUT2D eigenvalue weighted by Gasteiger charge is -2.25. The van der Waals surface area contributed by atoms with Gasteiger partial charge in [0.05, 0.1) is 0 Å². The van der Waals surface area contributed by atoms with E-state index in [1.807, 2.05) is 0 Å². The van der Waals surface area contributed by atoms with Gasteiger partial charge in [0.15, 0.2) is 8.32 Å². The molecular weight excluding hydrogens is 272 g/mol. The smallest absolute Gasteiger partial charge is 0.192 e. The lowest BCUT2D eigenvalue weighted by Crippen LogP contribution is -2.33. The van der Waals surface area contributed by atoms with Crippen molar-refractivity contribution in [3.05, 3.63) is 0 Å². The van der Waals surface area contributed by atoms with Crippen LogP contribution in [0, 0.1) is 0 Å². The van der Waals surface area contributed by atoms with Gasteiger partial charge in [-0.2, -0.15) is 0 Å². The highest BCUT2D eigenvalue weighted by Gasteiger charge is 2.36. The van der Waals surface area contributed by atoms with Gasteiger partial charge in [-0.05, 0) is 24.6 Å². The second-order valence-electron chi connectivity index (χ2n) is 7.13. The summed E-state index contributed by atoms with van der Waals surface area (Å²) in [6.45, 7) is 5.72. The molecule has 1 fully saturated rings. The summed E-state index contributed by atoms with van der Waals surface area (Å²) in [5, 5.41) is 0. The highest BCUT2D eigenvalue weighted by molar-refractivity contribution is 6.74. The van der Waals surface area contributed by atoms with Crippen molar-refractivity contribution in [1.82, 2.24) is 0 Å². The van der Waals surface area contributed by atoms with Crippen LogP contribution in [0.3, 0.4) is 0 Å². The first-order chi connectivity index (χ1) is 10.3. The van der Waals surface area contributed by atoms with Gasteiger partial charge in [0.2, 0.25) is 0 Å². The Labute approximate surface area is 135 Å². The zero-order valence-corrected chi connectivity index (χ0v) is 15.9. The van der Waals surface area contributed by atoms with Crippen LogP contribution in [0.1, 0.15) is 97.3 Å². The standard InChI is InChI=1S/C19H40OSi/c1-3-5-6-7-8-9-10-11-12-13-14-17-20-21(4-2)18-15-16-19-21/h3-19H2,1-2H3. The van der Waals surface area contributed by atoms with Crippen LogP contribution in [-0.2, 0) is 4.43 Å². The second kappa shape index (κ2) is 12.7. The molecule has 1 nitrogen and oxygen atoms in total. The predicted octanol–water partition coefficient (Wildman–Crippen LogP) is 7.07. The lowest BCUT2D eigenvalue weighted by molar-refractivity contribution is 0.290. The normalized spacial score (nSPS) is 17.4. The first kappa shape index (κ1) is 19.2. The Morgan fingerprint density at radius 2 is 1.14 bits per heavy atom. The highest BCUT2D eigenvalue weighted by Crippen LogP contribution is 2.34. The molecule has 1 saturated heterocycles. The molecule has 0 spiro atoms. The van der Waals surface area contributed by atoms with E-state index >= 15 is 0 Å². The van der Waals surface area contributed by atoms with E-state index in [-0.39, 0.29) is 0 Å². The van der Waals surface area contributed by atoms with Crippen molar-refractivity contribution in [2.45, 2.75) is 115 Å². The third-order valence-corrected chi connectivity index (χ3v) is 9.95. The van der Waals surface area contributed by atoms with Crippen LogP contribution in [0.2, 0.25) is 18.1 Å². The number of unbranched alkanes of at least 4 members (excludes halogenated alkanes) is 10. The van der Waals surface area contributed by atoms with Gasteiger partial charge in [-0.15, -0.1) is 0 Å². The van der Waals surface area contributed by atoms with Crippen molar-refractivity contribution in [2.24, 2.45) is 0 Å². The van der Waals surface area contributed by atoms with Crippen LogP contribution in [0.15, 0.2) is 0 Å². The monoisotopic (exact) mass is 312 g/mol. The molecule has 0 aliphatic carbocycles. The van der Waals surface area contributed by atoms with Crippen molar-refractivity contribution in [3.63, 3.8) is 0 Å². The quantitative estimate of drug-likeness (QED) is 0.246. The molecule has 1 heterocycles. The number of hydrogen-bond acceptors (Lipinski definition) is 1. The summed E-state index contributed by atoms with van der Waals surface area (Å²) < 4.78 is 6.36. The van der Waals surface area contributed by atoms with Gasteiger partial charge in [-0.1, -0.05) is 90.9 Å². The minimum Gasteiger partial charge on any atom is -0.417 e. The van der Waals surface area contributed by atoms with Crippen molar-refractivity contribution in [3.8, 4) is 0 Å². The van der Waals surface area contributed by atoms with Gasteiger partial charge in [0, 0.05) is 6.61 Å². The molecule has 126 valence electrons. The maximum absolute atomic E-state index is 6.36. The van der Waals surface area contributed by atoms with E-state index in [0.29, 0.717) is 0 Å². The molecule has 0 amide bonds. The van der Waals surface area contributed by atoms with Crippen LogP contribution in [0.4, 0.5) is 0 Å². The molecule has 2 heteroatoms. The molecular formula is C19H40OSi. The van der Waals surface area contributed by atoms with Crippen molar-refractivity contribution in [1.29, 1.82) is 0 Å². The van der Waals surface area contributed by atoms with Gasteiger partial charge in [-0.25, -0.2) is 0 Å². The Balaban J connectivity index is 1.80. The molecule has 0 radical (unpaired) electrons. The van der Waals surface area contributed by atoms with Crippen LogP contribution in [-0.4, -0.2) is 14.9 Å². The molecule has 0 aromatic heterocycles. The molecule has 1 aliphatic heterocycles. The first-order valence-electron chi connectivity index (χ1n) is 9.97. The summed E-state index contributed by atoms with van der Waals surface area (Å²) >= 11 is 0. The van der Waals surface area contributed by atoms with Crippen LogP contribution < -0.4 is 0 Å². The first-order valence-corrected chi connectivity index (χ1v) is 12.5. The molecule has 21 heavy (non-hydrogen) atoms. The van der Waals surface area contributed by atoms with Gasteiger partial charge in [0.25, 0.3) is 0 Å². The summed E-state index contributed by atoms with van der Waals surface area (Å²) in [7, 11) is -1.20. The Hall–Kier alpha value is 0.177. The van der Waals surface area contributed by atoms with E-state index in [4.69, 9.17) is 4.43 Å². The van der Waals surface area contributed by atoms with E-state index in [1.165, 1.54) is 102 Å². The van der Waals surface area contributed by atoms with Gasteiger partial charge in [-0.3, -0.25) is 0 Å². The molecule has 0 aromatic rings. The average Bonchev–Trinajstić information content (AvgIpc) is 2.98. The summed E-state index contributed by atoms with van der Waals surface area (Å²) in [6.07, 6.45) is 18.6. The predicted molar refractivity (Wildman–Crippen MR) is 97.5 cm³/mol. The van der Waals surface area contributed by atoms with E-state index < -0.39 is 8.32 Å². The van der Waals surface area contributed by atoms with Crippen LogP contribution in [0.5, 0.6) is 0 Å². The topological polar surface area (TPSA) is 9.23 Å². The van der Waals surface area contributed by atoms with Crippen molar-refractivity contribution >= 4 is 8.32 Å². The molecule has 0 unspecified atom stereocenters. The minimum atomic E-state index is -1.20. The fourth-order valence-corrected chi connectivity index (χ4v) is 7.49. The van der Waals surface area contributed by atoms with E-state index in [1.54, 1.807) is 0 Å². The summed E-state index contributed by atoms with van der Waals surface area (Å²) in [4.78, 5) is 0. The van der Waals surface area contributed by atoms with Crippen molar-refractivity contribution < 1.29 is 4.43 Å². The summed E-state index contributed by atoms with van der Waals surface area (Å²) in [5.74, 6) is 0. The SMILES string of the molecule is CCCCCCCCCCCCCO[Si]1(CC)CCCC1. The maximum atomic E-state index is 6.36. The zero-order valence-electron chi connectivity index (χ0n) is 14.9. The van der Waals surface area contributed by atoms with Crippen molar-refractivity contribution in [2.75, 3.05) is 6.61 Å². The molecule has 0 N–H and O–H groups in total. The molecule has 0 aromatic carbocycles. The van der Waals surface area contributed by atoms with Gasteiger partial charge < -0.3 is 4.43 Å². The Morgan fingerprint density at radius 1 is 0.667 bits per heavy atom. The largest absolute Gasteiger partial charge is 0.417 e. The second-order valence-corrected chi connectivity index (χ2v) is 11.5. The third kappa shape index (κ3) is 9.03. The number of hydrogen-bond donors (Lipinski definition) is 0. The third-order valence-electron chi connectivity index (χ3n) is 5.32. The molecule has 1 rings (SSSR count). The summed E-state index contributed by atoms with van der Waals surface area (Å²) in [6, 6.07) is 4.24. The zero-order chi connectivity index (χ0) is 15.2. The average molecular weight is 313 g/mol. The Morgan fingerprint density at radius 3 is 1.62 bits per heavy atom.